The maximum atomic E-state index is 4.86. The standard InChI is InChI=1S/C16H23N3/c1-14-12-19(13-15-8-4-2-5-9-15)16(17-14)18-10-6-3-7-11-18/h2,4-5,8-9,14H,3,6-7,10-13H2,1H3. The summed E-state index contributed by atoms with van der Waals surface area (Å²) in [5, 5.41) is 0. The molecule has 2 aliphatic rings. The van der Waals surface area contributed by atoms with E-state index in [1.54, 1.807) is 0 Å². The highest BCUT2D eigenvalue weighted by Gasteiger charge is 2.27. The Bertz CT molecular complexity index is 435. The number of nitrogens with zero attached hydrogens (tertiary/aromatic N) is 3. The molecule has 3 rings (SSSR count). The van der Waals surface area contributed by atoms with Crippen LogP contribution in [0.1, 0.15) is 31.7 Å². The minimum Gasteiger partial charge on any atom is -0.343 e. The molecule has 1 aromatic carbocycles. The lowest BCUT2D eigenvalue weighted by atomic mass is 10.1. The van der Waals surface area contributed by atoms with Crippen molar-refractivity contribution >= 4 is 5.96 Å². The van der Waals surface area contributed by atoms with Crippen LogP contribution in [0, 0.1) is 0 Å². The van der Waals surface area contributed by atoms with Crippen molar-refractivity contribution in [1.29, 1.82) is 0 Å². The Morgan fingerprint density at radius 2 is 1.84 bits per heavy atom. The lowest BCUT2D eigenvalue weighted by Gasteiger charge is -2.33. The van der Waals surface area contributed by atoms with Crippen LogP contribution in [0.3, 0.4) is 0 Å². The molecule has 102 valence electrons. The first-order valence-corrected chi connectivity index (χ1v) is 7.44. The second kappa shape index (κ2) is 5.64. The van der Waals surface area contributed by atoms with E-state index in [0.29, 0.717) is 6.04 Å². The monoisotopic (exact) mass is 257 g/mol. The van der Waals surface area contributed by atoms with Crippen molar-refractivity contribution < 1.29 is 0 Å². The first-order valence-electron chi connectivity index (χ1n) is 7.44. The smallest absolute Gasteiger partial charge is 0.197 e. The van der Waals surface area contributed by atoms with Gasteiger partial charge in [-0.3, -0.25) is 0 Å². The Balaban J connectivity index is 1.71. The number of aliphatic imine (C=N–C) groups is 1. The maximum absolute atomic E-state index is 4.86. The molecule has 0 radical (unpaired) electrons. The minimum atomic E-state index is 0.431. The summed E-state index contributed by atoms with van der Waals surface area (Å²) in [4.78, 5) is 9.79. The van der Waals surface area contributed by atoms with Crippen LogP contribution in [0.25, 0.3) is 0 Å². The van der Waals surface area contributed by atoms with Crippen LogP contribution in [-0.4, -0.2) is 41.4 Å². The first-order chi connectivity index (χ1) is 9.33. The average molecular weight is 257 g/mol. The van der Waals surface area contributed by atoms with Crippen molar-refractivity contribution in [2.75, 3.05) is 19.6 Å². The van der Waals surface area contributed by atoms with Crippen molar-refractivity contribution in [2.45, 2.75) is 38.8 Å². The van der Waals surface area contributed by atoms with Crippen molar-refractivity contribution in [3.05, 3.63) is 35.9 Å². The Hall–Kier alpha value is -1.51. The quantitative estimate of drug-likeness (QED) is 0.811. The molecular formula is C16H23N3. The summed E-state index contributed by atoms with van der Waals surface area (Å²) in [6.07, 6.45) is 4.00. The molecule has 2 heterocycles. The molecule has 0 spiro atoms. The molecule has 1 unspecified atom stereocenters. The lowest BCUT2D eigenvalue weighted by molar-refractivity contribution is 0.290. The Morgan fingerprint density at radius 3 is 2.58 bits per heavy atom. The zero-order valence-corrected chi connectivity index (χ0v) is 11.8. The highest BCUT2D eigenvalue weighted by Crippen LogP contribution is 2.19. The SMILES string of the molecule is CC1CN(Cc2ccccc2)C(N2CCCCC2)=N1. The number of likely N-dealkylation sites (tertiary alicyclic amines) is 1. The van der Waals surface area contributed by atoms with E-state index in [9.17, 15) is 0 Å². The van der Waals surface area contributed by atoms with Gasteiger partial charge < -0.3 is 9.80 Å². The third-order valence-corrected chi connectivity index (χ3v) is 3.96. The lowest BCUT2D eigenvalue weighted by Crippen LogP contribution is -2.44. The Kier molecular flexibility index (Phi) is 3.72. The van der Waals surface area contributed by atoms with Gasteiger partial charge in [-0.15, -0.1) is 0 Å². The van der Waals surface area contributed by atoms with Gasteiger partial charge in [0.1, 0.15) is 0 Å². The van der Waals surface area contributed by atoms with E-state index in [0.717, 1.165) is 13.1 Å². The Labute approximate surface area is 115 Å². The predicted octanol–water partition coefficient (Wildman–Crippen LogP) is 2.73. The van der Waals surface area contributed by atoms with Gasteiger partial charge in [0.05, 0.1) is 6.04 Å². The summed E-state index contributed by atoms with van der Waals surface area (Å²) in [6, 6.07) is 11.2. The van der Waals surface area contributed by atoms with Gasteiger partial charge in [-0.05, 0) is 31.7 Å². The molecule has 3 heteroatoms. The number of piperidine rings is 1. The van der Waals surface area contributed by atoms with Crippen LogP contribution in [0.15, 0.2) is 35.3 Å². The highest BCUT2D eigenvalue weighted by atomic mass is 15.4. The first kappa shape index (κ1) is 12.5. The summed E-state index contributed by atoms with van der Waals surface area (Å²) < 4.78 is 0. The van der Waals surface area contributed by atoms with E-state index < -0.39 is 0 Å². The summed E-state index contributed by atoms with van der Waals surface area (Å²) in [7, 11) is 0. The number of rotatable bonds is 2. The molecule has 3 nitrogen and oxygen atoms in total. The van der Waals surface area contributed by atoms with E-state index in [-0.39, 0.29) is 0 Å². The molecule has 0 N–H and O–H groups in total. The van der Waals surface area contributed by atoms with Crippen LogP contribution >= 0.6 is 0 Å². The van der Waals surface area contributed by atoms with Crippen molar-refractivity contribution in [3.63, 3.8) is 0 Å². The number of hydrogen-bond donors (Lipinski definition) is 0. The molecule has 1 fully saturated rings. The van der Waals surface area contributed by atoms with Gasteiger partial charge in [0.25, 0.3) is 0 Å². The molecule has 0 bridgehead atoms. The van der Waals surface area contributed by atoms with E-state index in [1.807, 2.05) is 0 Å². The fraction of sp³-hybridized carbons (Fsp3) is 0.562. The molecule has 0 aromatic heterocycles. The normalized spacial score (nSPS) is 23.6. The summed E-state index contributed by atoms with van der Waals surface area (Å²) >= 11 is 0. The molecule has 2 aliphatic heterocycles. The Morgan fingerprint density at radius 1 is 1.11 bits per heavy atom. The third kappa shape index (κ3) is 2.91. The van der Waals surface area contributed by atoms with Crippen LogP contribution in [-0.2, 0) is 6.54 Å². The van der Waals surface area contributed by atoms with Crippen LogP contribution < -0.4 is 0 Å². The summed E-state index contributed by atoms with van der Waals surface area (Å²) in [6.45, 7) is 6.61. The highest BCUT2D eigenvalue weighted by molar-refractivity contribution is 5.82. The number of guanidine groups is 1. The fourth-order valence-electron chi connectivity index (χ4n) is 3.03. The predicted molar refractivity (Wildman–Crippen MR) is 79.2 cm³/mol. The molecule has 1 saturated heterocycles. The van der Waals surface area contributed by atoms with E-state index in [1.165, 1.54) is 43.9 Å². The average Bonchev–Trinajstić information content (AvgIpc) is 2.82. The van der Waals surface area contributed by atoms with E-state index in [2.05, 4.69) is 47.1 Å². The topological polar surface area (TPSA) is 18.8 Å². The number of hydrogen-bond acceptors (Lipinski definition) is 3. The summed E-state index contributed by atoms with van der Waals surface area (Å²) in [5.74, 6) is 1.23. The van der Waals surface area contributed by atoms with Gasteiger partial charge in [-0.2, -0.15) is 0 Å². The van der Waals surface area contributed by atoms with Crippen molar-refractivity contribution in [3.8, 4) is 0 Å². The summed E-state index contributed by atoms with van der Waals surface area (Å²) in [5.41, 5.74) is 1.38. The fourth-order valence-corrected chi connectivity index (χ4v) is 3.03. The largest absolute Gasteiger partial charge is 0.343 e. The second-order valence-electron chi connectivity index (χ2n) is 5.69. The molecule has 0 amide bonds. The molecule has 1 aromatic rings. The zero-order valence-electron chi connectivity index (χ0n) is 11.8. The third-order valence-electron chi connectivity index (χ3n) is 3.96. The molecule has 0 saturated carbocycles. The minimum absolute atomic E-state index is 0.431. The molecule has 0 aliphatic carbocycles. The van der Waals surface area contributed by atoms with Crippen molar-refractivity contribution in [1.82, 2.24) is 9.80 Å². The van der Waals surface area contributed by atoms with Crippen LogP contribution in [0.4, 0.5) is 0 Å². The zero-order chi connectivity index (χ0) is 13.1. The van der Waals surface area contributed by atoms with Gasteiger partial charge in [0, 0.05) is 26.2 Å². The van der Waals surface area contributed by atoms with Crippen molar-refractivity contribution in [2.24, 2.45) is 4.99 Å². The molecule has 19 heavy (non-hydrogen) atoms. The van der Waals surface area contributed by atoms with Gasteiger partial charge in [0.2, 0.25) is 0 Å². The van der Waals surface area contributed by atoms with Gasteiger partial charge >= 0.3 is 0 Å². The maximum Gasteiger partial charge on any atom is 0.197 e. The van der Waals surface area contributed by atoms with Gasteiger partial charge in [-0.1, -0.05) is 30.3 Å². The van der Waals surface area contributed by atoms with Crippen LogP contribution in [0.2, 0.25) is 0 Å². The van der Waals surface area contributed by atoms with Crippen LogP contribution in [0.5, 0.6) is 0 Å². The van der Waals surface area contributed by atoms with E-state index in [4.69, 9.17) is 4.99 Å². The number of benzene rings is 1. The van der Waals surface area contributed by atoms with Gasteiger partial charge in [-0.25, -0.2) is 4.99 Å². The molecule has 1 atom stereocenters. The van der Waals surface area contributed by atoms with E-state index >= 15 is 0 Å². The molecular weight excluding hydrogens is 234 g/mol. The second-order valence-corrected chi connectivity index (χ2v) is 5.69. The van der Waals surface area contributed by atoms with Gasteiger partial charge in [0.15, 0.2) is 5.96 Å².